The van der Waals surface area contributed by atoms with Gasteiger partial charge in [-0.25, -0.2) is 0 Å². The van der Waals surface area contributed by atoms with Crippen molar-refractivity contribution in [1.82, 2.24) is 15.2 Å². The second-order valence-corrected chi connectivity index (χ2v) is 3.53. The lowest BCUT2D eigenvalue weighted by molar-refractivity contribution is 0.113. The number of nitrogens with zero attached hydrogens (tertiary/aromatic N) is 2. The molecule has 0 aliphatic heterocycles. The minimum atomic E-state index is -0.527. The Morgan fingerprint density at radius 1 is 1.50 bits per heavy atom. The summed E-state index contributed by atoms with van der Waals surface area (Å²) in [5.74, 6) is 6.11. The number of aliphatic hydroxyl groups is 1. The van der Waals surface area contributed by atoms with Gasteiger partial charge in [0, 0.05) is 6.20 Å². The summed E-state index contributed by atoms with van der Waals surface area (Å²) >= 11 is 0. The molecular formula is C13H13N3O2. The molecule has 0 bridgehead atoms. The average Bonchev–Trinajstić information content (AvgIpc) is 2.85. The van der Waals surface area contributed by atoms with Gasteiger partial charge in [0.05, 0.1) is 18.5 Å². The maximum atomic E-state index is 9.37. The Labute approximate surface area is 105 Å². The number of aromatic amines is 1. The lowest BCUT2D eigenvalue weighted by Crippen LogP contribution is -2.13. The largest absolute Gasteiger partial charge is 0.477 e. The van der Waals surface area contributed by atoms with Crippen LogP contribution < -0.4 is 4.74 Å². The van der Waals surface area contributed by atoms with Crippen LogP contribution in [0.4, 0.5) is 0 Å². The molecule has 5 nitrogen and oxygen atoms in total. The Bertz CT molecular complexity index is 554. The normalized spacial score (nSPS) is 11.4. The summed E-state index contributed by atoms with van der Waals surface area (Å²) in [6.45, 7) is 1.56. The highest BCUT2D eigenvalue weighted by Gasteiger charge is 2.16. The first kappa shape index (κ1) is 12.1. The fraction of sp³-hybridized carbons (Fsp3) is 0.231. The van der Waals surface area contributed by atoms with Gasteiger partial charge in [-0.1, -0.05) is 12.0 Å². The number of hydrogen-bond donors (Lipinski definition) is 2. The van der Waals surface area contributed by atoms with E-state index in [1.165, 1.54) is 6.20 Å². The molecule has 2 aromatic rings. The molecule has 0 unspecified atom stereocenters. The van der Waals surface area contributed by atoms with E-state index >= 15 is 0 Å². The van der Waals surface area contributed by atoms with Crippen molar-refractivity contribution in [2.75, 3.05) is 6.61 Å². The van der Waals surface area contributed by atoms with Crippen LogP contribution in [-0.2, 0) is 0 Å². The molecule has 5 heteroatoms. The zero-order chi connectivity index (χ0) is 12.8. The number of H-pyrrole nitrogens is 1. The van der Waals surface area contributed by atoms with Crippen molar-refractivity contribution in [2.45, 2.75) is 13.0 Å². The quantitative estimate of drug-likeness (QED) is 0.794. The highest BCUT2D eigenvalue weighted by Crippen LogP contribution is 2.22. The molecule has 0 spiro atoms. The molecule has 2 rings (SSSR count). The Kier molecular flexibility index (Phi) is 3.94. The molecule has 18 heavy (non-hydrogen) atoms. The monoisotopic (exact) mass is 243 g/mol. The number of aliphatic hydroxyl groups excluding tert-OH is 1. The van der Waals surface area contributed by atoms with Gasteiger partial charge in [0.25, 0.3) is 0 Å². The first-order chi connectivity index (χ1) is 8.85. The molecule has 92 valence electrons. The van der Waals surface area contributed by atoms with E-state index in [0.717, 1.165) is 0 Å². The smallest absolute Gasteiger partial charge is 0.174 e. The summed E-state index contributed by atoms with van der Waals surface area (Å²) in [5.41, 5.74) is 1.25. The van der Waals surface area contributed by atoms with Crippen LogP contribution in [0.3, 0.4) is 0 Å². The molecule has 0 aliphatic rings. The van der Waals surface area contributed by atoms with Gasteiger partial charge in [-0.05, 0) is 25.0 Å². The Balaban J connectivity index is 2.20. The van der Waals surface area contributed by atoms with Gasteiger partial charge in [-0.15, -0.1) is 0 Å². The summed E-state index contributed by atoms with van der Waals surface area (Å²) in [6, 6.07) is 5.45. The molecule has 1 atom stereocenters. The van der Waals surface area contributed by atoms with Crippen LogP contribution in [0.15, 0.2) is 30.6 Å². The Morgan fingerprint density at radius 2 is 2.39 bits per heavy atom. The van der Waals surface area contributed by atoms with Crippen molar-refractivity contribution in [2.24, 2.45) is 0 Å². The lowest BCUT2D eigenvalue weighted by Gasteiger charge is -2.15. The first-order valence-electron chi connectivity index (χ1n) is 5.49. The van der Waals surface area contributed by atoms with E-state index in [1.54, 1.807) is 19.2 Å². The molecule has 2 aromatic heterocycles. The van der Waals surface area contributed by atoms with Crippen molar-refractivity contribution in [3.05, 3.63) is 42.0 Å². The summed E-state index contributed by atoms with van der Waals surface area (Å²) in [6.07, 6.45) is 2.66. The molecule has 0 aromatic carbocycles. The van der Waals surface area contributed by atoms with Crippen LogP contribution in [0.5, 0.6) is 5.75 Å². The van der Waals surface area contributed by atoms with Gasteiger partial charge in [0.1, 0.15) is 0 Å². The minimum Gasteiger partial charge on any atom is -0.477 e. The van der Waals surface area contributed by atoms with E-state index in [-0.39, 0.29) is 6.61 Å². The Morgan fingerprint density at radius 3 is 3.06 bits per heavy atom. The predicted octanol–water partition coefficient (Wildman–Crippen LogP) is 1.29. The van der Waals surface area contributed by atoms with E-state index in [4.69, 9.17) is 4.74 Å². The van der Waals surface area contributed by atoms with Crippen LogP contribution in [0.2, 0.25) is 0 Å². The number of nitrogens with one attached hydrogen (secondary N) is 1. The van der Waals surface area contributed by atoms with Crippen molar-refractivity contribution in [3.63, 3.8) is 0 Å². The van der Waals surface area contributed by atoms with E-state index in [9.17, 15) is 5.11 Å². The third-order valence-corrected chi connectivity index (χ3v) is 2.31. The zero-order valence-electron chi connectivity index (χ0n) is 9.92. The van der Waals surface area contributed by atoms with Crippen molar-refractivity contribution < 1.29 is 9.84 Å². The summed E-state index contributed by atoms with van der Waals surface area (Å²) in [5, 5.41) is 16.0. The number of aromatic nitrogens is 3. The van der Waals surface area contributed by atoms with Crippen molar-refractivity contribution in [3.8, 4) is 17.6 Å². The number of ether oxygens (including phenoxy) is 1. The van der Waals surface area contributed by atoms with Gasteiger partial charge in [0.2, 0.25) is 0 Å². The number of pyridine rings is 1. The van der Waals surface area contributed by atoms with E-state index in [1.807, 2.05) is 12.1 Å². The van der Waals surface area contributed by atoms with Gasteiger partial charge >= 0.3 is 0 Å². The molecule has 0 aliphatic carbocycles. The maximum absolute atomic E-state index is 9.37. The SMILES string of the molecule is CC#Cc1[nH]ncc1O[C@H](CO)c1ccccn1. The van der Waals surface area contributed by atoms with Crippen LogP contribution in [-0.4, -0.2) is 26.9 Å². The number of hydrogen-bond acceptors (Lipinski definition) is 4. The van der Waals surface area contributed by atoms with Crippen LogP contribution >= 0.6 is 0 Å². The fourth-order valence-corrected chi connectivity index (χ4v) is 1.49. The molecule has 2 N–H and O–H groups in total. The second-order valence-electron chi connectivity index (χ2n) is 3.53. The molecule has 0 radical (unpaired) electrons. The first-order valence-corrected chi connectivity index (χ1v) is 5.49. The molecule has 0 amide bonds. The minimum absolute atomic E-state index is 0.165. The Hall–Kier alpha value is -2.32. The lowest BCUT2D eigenvalue weighted by atomic mass is 10.2. The summed E-state index contributed by atoms with van der Waals surface area (Å²) < 4.78 is 5.66. The summed E-state index contributed by atoms with van der Waals surface area (Å²) in [7, 11) is 0. The molecule has 0 saturated carbocycles. The van der Waals surface area contributed by atoms with Crippen LogP contribution in [0.1, 0.15) is 24.4 Å². The van der Waals surface area contributed by atoms with Gasteiger partial charge in [-0.3, -0.25) is 10.1 Å². The molecule has 0 saturated heterocycles. The molecule has 0 fully saturated rings. The highest BCUT2D eigenvalue weighted by atomic mass is 16.5. The van der Waals surface area contributed by atoms with Gasteiger partial charge in [0.15, 0.2) is 17.5 Å². The zero-order valence-corrected chi connectivity index (χ0v) is 9.92. The topological polar surface area (TPSA) is 71.0 Å². The second kappa shape index (κ2) is 5.84. The van der Waals surface area contributed by atoms with Crippen LogP contribution in [0, 0.1) is 11.8 Å². The van der Waals surface area contributed by atoms with Crippen molar-refractivity contribution >= 4 is 0 Å². The maximum Gasteiger partial charge on any atom is 0.174 e. The van der Waals surface area contributed by atoms with Gasteiger partial charge in [-0.2, -0.15) is 5.10 Å². The van der Waals surface area contributed by atoms with E-state index in [2.05, 4.69) is 27.0 Å². The molecule has 2 heterocycles. The summed E-state index contributed by atoms with van der Waals surface area (Å²) in [4.78, 5) is 4.15. The van der Waals surface area contributed by atoms with Crippen molar-refractivity contribution in [1.29, 1.82) is 0 Å². The number of rotatable bonds is 4. The molecular weight excluding hydrogens is 230 g/mol. The van der Waals surface area contributed by atoms with E-state index in [0.29, 0.717) is 17.1 Å². The third-order valence-electron chi connectivity index (χ3n) is 2.31. The van der Waals surface area contributed by atoms with Gasteiger partial charge < -0.3 is 9.84 Å². The average molecular weight is 243 g/mol. The van der Waals surface area contributed by atoms with E-state index < -0.39 is 6.10 Å². The predicted molar refractivity (Wildman–Crippen MR) is 65.8 cm³/mol. The highest BCUT2D eigenvalue weighted by molar-refractivity contribution is 5.38. The fourth-order valence-electron chi connectivity index (χ4n) is 1.49. The third kappa shape index (κ3) is 2.67. The standard InChI is InChI=1S/C13H13N3O2/c1-2-5-11-12(8-15-16-11)18-13(9-17)10-6-3-4-7-14-10/h3-4,6-8,13,17H,9H2,1H3,(H,15,16)/t13-/m1/s1. The van der Waals surface area contributed by atoms with Crippen LogP contribution in [0.25, 0.3) is 0 Å².